The number of nitrogens with one attached hydrogen (secondary N) is 1. The molecule has 5 nitrogen and oxygen atoms in total. The first-order valence-corrected chi connectivity index (χ1v) is 9.12. The van der Waals surface area contributed by atoms with Gasteiger partial charge in [-0.1, -0.05) is 11.6 Å². The van der Waals surface area contributed by atoms with Crippen LogP contribution < -0.4 is 16.0 Å². The summed E-state index contributed by atoms with van der Waals surface area (Å²) in [5.41, 5.74) is 3.75. The van der Waals surface area contributed by atoms with Crippen LogP contribution in [0.15, 0.2) is 18.2 Å². The van der Waals surface area contributed by atoms with Crippen molar-refractivity contribution in [3.63, 3.8) is 0 Å². The maximum Gasteiger partial charge on any atom is 0.150 e. The van der Waals surface area contributed by atoms with Crippen molar-refractivity contribution in [1.82, 2.24) is 5.43 Å². The molecule has 1 aromatic carbocycles. The number of ether oxygens (including phenoxy) is 1. The van der Waals surface area contributed by atoms with Gasteiger partial charge in [0, 0.05) is 11.1 Å². The Kier molecular flexibility index (Phi) is 5.48. The first-order chi connectivity index (χ1) is 9.93. The highest BCUT2D eigenvalue weighted by atomic mass is 35.5. The smallest absolute Gasteiger partial charge is 0.150 e. The van der Waals surface area contributed by atoms with Gasteiger partial charge < -0.3 is 4.74 Å². The minimum atomic E-state index is -2.86. The van der Waals surface area contributed by atoms with Crippen LogP contribution in [0.2, 0.25) is 5.02 Å². The number of nitrogens with two attached hydrogens (primary N) is 1. The van der Waals surface area contributed by atoms with Gasteiger partial charge in [-0.15, -0.1) is 0 Å². The van der Waals surface area contributed by atoms with E-state index in [1.54, 1.807) is 13.2 Å². The molecule has 118 valence electrons. The van der Waals surface area contributed by atoms with Crippen LogP contribution in [-0.4, -0.2) is 33.1 Å². The number of rotatable bonds is 6. The maximum absolute atomic E-state index is 11.5. The predicted molar refractivity (Wildman–Crippen MR) is 84.2 cm³/mol. The normalized spacial score (nSPS) is 22.1. The average molecular weight is 333 g/mol. The summed E-state index contributed by atoms with van der Waals surface area (Å²) >= 11 is 6.02. The molecule has 1 saturated heterocycles. The van der Waals surface area contributed by atoms with Crippen molar-refractivity contribution in [3.05, 3.63) is 28.8 Å². The number of hydrogen-bond acceptors (Lipinski definition) is 5. The lowest BCUT2D eigenvalue weighted by atomic mass is 9.94. The molecule has 21 heavy (non-hydrogen) atoms. The minimum absolute atomic E-state index is 0.00401. The highest BCUT2D eigenvalue weighted by Gasteiger charge is 2.29. The molecule has 0 radical (unpaired) electrons. The zero-order valence-electron chi connectivity index (χ0n) is 12.0. The van der Waals surface area contributed by atoms with Gasteiger partial charge in [0.2, 0.25) is 0 Å². The topological polar surface area (TPSA) is 81.4 Å². The van der Waals surface area contributed by atoms with Crippen LogP contribution in [0, 0.1) is 5.92 Å². The minimum Gasteiger partial charge on any atom is -0.496 e. The van der Waals surface area contributed by atoms with Gasteiger partial charge in [0.25, 0.3) is 0 Å². The molecule has 1 aliphatic rings. The fraction of sp³-hybridized carbons (Fsp3) is 0.571. The maximum atomic E-state index is 11.5. The van der Waals surface area contributed by atoms with Crippen molar-refractivity contribution in [2.24, 2.45) is 11.8 Å². The average Bonchev–Trinajstić information content (AvgIpc) is 2.77. The van der Waals surface area contributed by atoms with E-state index in [2.05, 4.69) is 5.43 Å². The van der Waals surface area contributed by atoms with Crippen molar-refractivity contribution in [2.75, 3.05) is 18.6 Å². The summed E-state index contributed by atoms with van der Waals surface area (Å²) < 4.78 is 28.4. The summed E-state index contributed by atoms with van der Waals surface area (Å²) in [6.07, 6.45) is 2.09. The molecule has 3 N–H and O–H groups in total. The lowest BCUT2D eigenvalue weighted by Crippen LogP contribution is -2.38. The molecule has 0 amide bonds. The Balaban J connectivity index is 2.04. The van der Waals surface area contributed by atoms with E-state index in [0.717, 1.165) is 17.7 Å². The summed E-state index contributed by atoms with van der Waals surface area (Å²) in [6, 6.07) is 5.45. The number of methoxy groups -OCH3 is 1. The van der Waals surface area contributed by atoms with Crippen LogP contribution in [0.3, 0.4) is 0 Å². The number of hydrogen-bond donors (Lipinski definition) is 2. The van der Waals surface area contributed by atoms with Crippen molar-refractivity contribution < 1.29 is 13.2 Å². The fourth-order valence-electron chi connectivity index (χ4n) is 2.84. The number of halogens is 1. The Hall–Kier alpha value is -0.820. The molecule has 2 rings (SSSR count). The van der Waals surface area contributed by atoms with Crippen LogP contribution in [-0.2, 0) is 16.3 Å². The van der Waals surface area contributed by atoms with Gasteiger partial charge >= 0.3 is 0 Å². The predicted octanol–water partition coefficient (Wildman–Crippen LogP) is 1.55. The van der Waals surface area contributed by atoms with E-state index in [-0.39, 0.29) is 23.5 Å². The SMILES string of the molecule is COc1ccc(Cl)cc1CC(CC1CCS(=O)(=O)C1)NN. The summed E-state index contributed by atoms with van der Waals surface area (Å²) in [5.74, 6) is 7.10. The molecule has 1 aromatic rings. The van der Waals surface area contributed by atoms with E-state index in [9.17, 15) is 8.42 Å². The fourth-order valence-corrected chi connectivity index (χ4v) is 4.92. The molecule has 0 spiro atoms. The molecular formula is C14H21ClN2O3S. The molecule has 7 heteroatoms. The standard InChI is InChI=1S/C14H21ClN2O3S/c1-20-14-3-2-12(15)7-11(14)8-13(17-16)6-10-4-5-21(18,19)9-10/h2-3,7,10,13,17H,4-6,8-9,16H2,1H3. The molecule has 0 aromatic heterocycles. The molecule has 0 bridgehead atoms. The quantitative estimate of drug-likeness (QED) is 0.610. The summed E-state index contributed by atoms with van der Waals surface area (Å²) in [4.78, 5) is 0. The van der Waals surface area contributed by atoms with Gasteiger partial charge in [-0.3, -0.25) is 11.3 Å². The van der Waals surface area contributed by atoms with Crippen molar-refractivity contribution in [3.8, 4) is 5.75 Å². The highest BCUT2D eigenvalue weighted by Crippen LogP contribution is 2.27. The van der Waals surface area contributed by atoms with E-state index in [0.29, 0.717) is 17.9 Å². The van der Waals surface area contributed by atoms with Gasteiger partial charge in [0.15, 0.2) is 9.84 Å². The van der Waals surface area contributed by atoms with Gasteiger partial charge in [0.1, 0.15) is 5.75 Å². The van der Waals surface area contributed by atoms with E-state index < -0.39 is 9.84 Å². The summed E-state index contributed by atoms with van der Waals surface area (Å²) in [7, 11) is -1.24. The second-order valence-corrected chi connectivity index (χ2v) is 8.19. The Morgan fingerprint density at radius 2 is 2.29 bits per heavy atom. The molecule has 1 heterocycles. The number of benzene rings is 1. The van der Waals surface area contributed by atoms with Crippen molar-refractivity contribution in [2.45, 2.75) is 25.3 Å². The van der Waals surface area contributed by atoms with Gasteiger partial charge in [-0.05, 0) is 48.9 Å². The lowest BCUT2D eigenvalue weighted by Gasteiger charge is -2.20. The van der Waals surface area contributed by atoms with Crippen LogP contribution in [0.4, 0.5) is 0 Å². The molecular weight excluding hydrogens is 312 g/mol. The van der Waals surface area contributed by atoms with Crippen LogP contribution in [0.5, 0.6) is 5.75 Å². The van der Waals surface area contributed by atoms with Gasteiger partial charge in [-0.25, -0.2) is 8.42 Å². The monoisotopic (exact) mass is 332 g/mol. The highest BCUT2D eigenvalue weighted by molar-refractivity contribution is 7.91. The third kappa shape index (κ3) is 4.57. The Bertz CT molecular complexity index is 592. The number of sulfone groups is 1. The first-order valence-electron chi connectivity index (χ1n) is 6.92. The lowest BCUT2D eigenvalue weighted by molar-refractivity contribution is 0.387. The molecule has 0 aliphatic carbocycles. The van der Waals surface area contributed by atoms with E-state index in [1.165, 1.54) is 0 Å². The molecule has 2 atom stereocenters. The second-order valence-electron chi connectivity index (χ2n) is 5.53. The zero-order chi connectivity index (χ0) is 15.5. The Labute approximate surface area is 130 Å². The van der Waals surface area contributed by atoms with Crippen molar-refractivity contribution in [1.29, 1.82) is 0 Å². The molecule has 2 unspecified atom stereocenters. The van der Waals surface area contributed by atoms with Gasteiger partial charge in [0.05, 0.1) is 18.6 Å². The van der Waals surface area contributed by atoms with Crippen LogP contribution in [0.25, 0.3) is 0 Å². The summed E-state index contributed by atoms with van der Waals surface area (Å²) in [6.45, 7) is 0. The van der Waals surface area contributed by atoms with E-state index in [4.69, 9.17) is 22.2 Å². The van der Waals surface area contributed by atoms with Crippen LogP contribution in [0.1, 0.15) is 18.4 Å². The van der Waals surface area contributed by atoms with E-state index >= 15 is 0 Å². The number of hydrazine groups is 1. The molecule has 1 aliphatic heterocycles. The summed E-state index contributed by atoms with van der Waals surface area (Å²) in [5, 5.41) is 0.644. The largest absolute Gasteiger partial charge is 0.496 e. The van der Waals surface area contributed by atoms with Crippen LogP contribution >= 0.6 is 11.6 Å². The van der Waals surface area contributed by atoms with Gasteiger partial charge in [-0.2, -0.15) is 0 Å². The first kappa shape index (κ1) is 16.5. The molecule has 1 fully saturated rings. The third-order valence-corrected chi connectivity index (χ3v) is 5.96. The molecule has 0 saturated carbocycles. The third-order valence-electron chi connectivity index (χ3n) is 3.89. The Morgan fingerprint density at radius 1 is 1.52 bits per heavy atom. The van der Waals surface area contributed by atoms with Crippen molar-refractivity contribution >= 4 is 21.4 Å². The Morgan fingerprint density at radius 3 is 2.86 bits per heavy atom. The second kappa shape index (κ2) is 6.96. The zero-order valence-corrected chi connectivity index (χ0v) is 13.6. The van der Waals surface area contributed by atoms with E-state index in [1.807, 2.05) is 12.1 Å².